The first-order chi connectivity index (χ1) is 61.1. The molecular formula is C114H78N6S3. The van der Waals surface area contributed by atoms with E-state index in [9.17, 15) is 0 Å². The lowest BCUT2D eigenvalue weighted by Gasteiger charge is -2.26. The third kappa shape index (κ3) is 13.5. The first-order valence-corrected chi connectivity index (χ1v) is 44.1. The number of hydrogen-bond donors (Lipinski definition) is 0. The molecule has 123 heavy (non-hydrogen) atoms. The van der Waals surface area contributed by atoms with Crippen molar-refractivity contribution in [2.75, 3.05) is 14.7 Å². The van der Waals surface area contributed by atoms with Crippen molar-refractivity contribution in [2.24, 2.45) is 0 Å². The maximum absolute atomic E-state index is 2.43. The van der Waals surface area contributed by atoms with Gasteiger partial charge in [0.15, 0.2) is 0 Å². The maximum atomic E-state index is 2.43. The summed E-state index contributed by atoms with van der Waals surface area (Å²) in [5.41, 5.74) is 28.8. The zero-order valence-electron chi connectivity index (χ0n) is 66.9. The molecule has 24 aromatic rings. The van der Waals surface area contributed by atoms with E-state index in [1.165, 1.54) is 161 Å². The van der Waals surface area contributed by atoms with Crippen LogP contribution < -0.4 is 14.7 Å². The number of para-hydroxylation sites is 10. The van der Waals surface area contributed by atoms with Crippen LogP contribution in [0.2, 0.25) is 0 Å². The Morgan fingerprint density at radius 3 is 0.602 bits per heavy atom. The fourth-order valence-electron chi connectivity index (χ4n) is 17.8. The van der Waals surface area contributed by atoms with Crippen molar-refractivity contribution >= 4 is 179 Å². The molecule has 0 amide bonds. The molecule has 0 saturated carbocycles. The Hall–Kier alpha value is -15.4. The number of benzene rings is 18. The van der Waals surface area contributed by atoms with E-state index in [2.05, 4.69) is 502 Å². The predicted molar refractivity (Wildman–Crippen MR) is 529 cm³/mol. The highest BCUT2D eigenvalue weighted by Crippen LogP contribution is 2.53. The molecule has 0 unspecified atom stereocenters. The maximum Gasteiger partial charge on any atom is 0.0728 e. The van der Waals surface area contributed by atoms with E-state index < -0.39 is 0 Å². The molecule has 24 rings (SSSR count). The largest absolute Gasteiger partial charge is 0.309 e. The van der Waals surface area contributed by atoms with Crippen LogP contribution in [0.15, 0.2) is 473 Å². The second-order valence-electron chi connectivity index (χ2n) is 30.6. The Labute approximate surface area is 725 Å². The summed E-state index contributed by atoms with van der Waals surface area (Å²) in [7, 11) is 0. The molecule has 18 aromatic carbocycles. The Kier molecular flexibility index (Phi) is 19.5. The number of hydrogen-bond acceptors (Lipinski definition) is 6. The number of rotatable bonds is 15. The molecule has 0 aliphatic carbocycles. The third-order valence-electron chi connectivity index (χ3n) is 23.4. The summed E-state index contributed by atoms with van der Waals surface area (Å²) in [6.45, 7) is 0. The minimum atomic E-state index is 1.13. The van der Waals surface area contributed by atoms with Gasteiger partial charge in [0.05, 0.1) is 78.4 Å². The van der Waals surface area contributed by atoms with E-state index in [1.54, 1.807) is 0 Å². The summed E-state index contributed by atoms with van der Waals surface area (Å²) >= 11 is 5.66. The van der Waals surface area contributed by atoms with E-state index in [4.69, 9.17) is 0 Å². The van der Waals surface area contributed by atoms with Gasteiger partial charge in [0.1, 0.15) is 0 Å². The average molecular weight is 1630 g/mol. The Balaban J connectivity index is 0.000000111. The van der Waals surface area contributed by atoms with Crippen molar-refractivity contribution in [3.8, 4) is 50.4 Å². The Morgan fingerprint density at radius 2 is 0.341 bits per heavy atom. The van der Waals surface area contributed by atoms with Gasteiger partial charge < -0.3 is 28.4 Å². The standard InChI is InChI=1S/C44H30N2S.C38H26N2S.C32H22N2S/c1-4-13-31(14-5-1)32-23-25-33(26-24-32)34-27-29-37(30-28-34)45(35-15-6-2-7-16-35)41-22-12-20-39-42-44(47-43(39)41)38-19-10-11-21-40(38)46(42)36-17-8-3-9-18-36;1-4-13-27(14-5-1)28-23-25-31(26-24-28)39(29-15-6-2-7-16-29)35-22-12-20-33-36-38(41-37(33)35)32-19-10-11-21-34(32)40(36)30-17-8-3-9-18-30;1-4-13-23(14-5-1)33(24-15-6-2-7-16-24)29-22-12-20-27-30-32(35-31(27)29)26-19-10-11-21-28(26)34(30)25-17-8-3-9-18-25/h1-30H;1-26H;1-22H. The molecule has 0 saturated heterocycles. The van der Waals surface area contributed by atoms with E-state index in [0.29, 0.717) is 0 Å². The Bertz CT molecular complexity index is 7830. The van der Waals surface area contributed by atoms with Gasteiger partial charge in [-0.05, 0) is 179 Å². The van der Waals surface area contributed by atoms with E-state index >= 15 is 0 Å². The van der Waals surface area contributed by atoms with Crippen molar-refractivity contribution in [3.05, 3.63) is 473 Å². The van der Waals surface area contributed by atoms with Gasteiger partial charge in [-0.15, -0.1) is 34.0 Å². The van der Waals surface area contributed by atoms with Gasteiger partial charge in [-0.2, -0.15) is 0 Å². The summed E-state index contributed by atoms with van der Waals surface area (Å²) in [5, 5.41) is 7.68. The molecule has 6 aromatic heterocycles. The lowest BCUT2D eigenvalue weighted by Crippen LogP contribution is -2.09. The van der Waals surface area contributed by atoms with Crippen LogP contribution in [0, 0.1) is 0 Å². The van der Waals surface area contributed by atoms with Crippen LogP contribution in [0.5, 0.6) is 0 Å². The van der Waals surface area contributed by atoms with Crippen LogP contribution in [0.1, 0.15) is 0 Å². The van der Waals surface area contributed by atoms with Crippen molar-refractivity contribution in [1.29, 1.82) is 0 Å². The molecular weight excluding hydrogens is 1550 g/mol. The second-order valence-corrected chi connectivity index (χ2v) is 33.7. The van der Waals surface area contributed by atoms with Crippen LogP contribution in [0.3, 0.4) is 0 Å². The number of thiophene rings is 3. The summed E-state index contributed by atoms with van der Waals surface area (Å²) in [4.78, 5) is 7.16. The lowest BCUT2D eigenvalue weighted by atomic mass is 10.00. The number of anilines is 9. The molecule has 6 nitrogen and oxygen atoms in total. The molecule has 9 heteroatoms. The molecule has 0 aliphatic heterocycles. The minimum absolute atomic E-state index is 1.13. The van der Waals surface area contributed by atoms with Crippen molar-refractivity contribution in [3.63, 3.8) is 0 Å². The summed E-state index contributed by atoms with van der Waals surface area (Å²) in [6.07, 6.45) is 0. The van der Waals surface area contributed by atoms with Crippen LogP contribution in [0.4, 0.5) is 51.2 Å². The summed E-state index contributed by atoms with van der Waals surface area (Å²) in [6, 6.07) is 169. The van der Waals surface area contributed by atoms with E-state index in [-0.39, 0.29) is 0 Å². The highest BCUT2D eigenvalue weighted by Gasteiger charge is 2.27. The zero-order valence-corrected chi connectivity index (χ0v) is 69.4. The van der Waals surface area contributed by atoms with Gasteiger partial charge in [0.25, 0.3) is 0 Å². The number of fused-ring (bicyclic) bond motifs is 15. The molecule has 0 fully saturated rings. The fraction of sp³-hybridized carbons (Fsp3) is 0. The normalized spacial score (nSPS) is 11.4. The predicted octanol–water partition coefficient (Wildman–Crippen LogP) is 33.4. The molecule has 0 atom stereocenters. The topological polar surface area (TPSA) is 24.5 Å². The molecule has 0 N–H and O–H groups in total. The first-order valence-electron chi connectivity index (χ1n) is 41.6. The van der Waals surface area contributed by atoms with Gasteiger partial charge in [-0.25, -0.2) is 0 Å². The van der Waals surface area contributed by atoms with Crippen LogP contribution in [-0.2, 0) is 0 Å². The van der Waals surface area contributed by atoms with Crippen LogP contribution >= 0.6 is 34.0 Å². The number of aromatic nitrogens is 3. The van der Waals surface area contributed by atoms with Gasteiger partial charge in [0, 0.05) is 83.5 Å². The summed E-state index contributed by atoms with van der Waals surface area (Å²) in [5.74, 6) is 0. The minimum Gasteiger partial charge on any atom is -0.309 e. The van der Waals surface area contributed by atoms with Crippen LogP contribution in [0.25, 0.3) is 144 Å². The van der Waals surface area contributed by atoms with Gasteiger partial charge in [0.2, 0.25) is 0 Å². The molecule has 582 valence electrons. The molecule has 6 heterocycles. The Morgan fingerprint density at radius 1 is 0.146 bits per heavy atom. The molecule has 0 aliphatic rings. The lowest BCUT2D eigenvalue weighted by molar-refractivity contribution is 1.19. The van der Waals surface area contributed by atoms with E-state index in [0.717, 1.165) is 34.1 Å². The highest BCUT2D eigenvalue weighted by molar-refractivity contribution is 7.28. The monoisotopic (exact) mass is 1630 g/mol. The van der Waals surface area contributed by atoms with Gasteiger partial charge in [-0.3, -0.25) is 0 Å². The molecule has 0 bridgehead atoms. The third-order valence-corrected chi connectivity index (χ3v) is 27.1. The van der Waals surface area contributed by atoms with Gasteiger partial charge >= 0.3 is 0 Å². The average Bonchev–Trinajstić information content (AvgIpc) is 1.57. The smallest absolute Gasteiger partial charge is 0.0728 e. The molecule has 0 spiro atoms. The van der Waals surface area contributed by atoms with Crippen molar-refractivity contribution < 1.29 is 0 Å². The zero-order chi connectivity index (χ0) is 81.5. The van der Waals surface area contributed by atoms with Crippen LogP contribution in [-0.4, -0.2) is 13.7 Å². The first kappa shape index (κ1) is 74.0. The van der Waals surface area contributed by atoms with Crippen molar-refractivity contribution in [2.45, 2.75) is 0 Å². The quantitative estimate of drug-likeness (QED) is 0.102. The molecule has 0 radical (unpaired) electrons. The SMILES string of the molecule is c1ccc(-c2ccc(-c3ccc(N(c4ccccc4)c4cccc5c4sc4c6ccccc6n(-c6ccccc6)c54)cc3)cc2)cc1.c1ccc(-c2ccc(N(c3ccccc3)c3cccc4c3sc3c5ccccc5n(-c5ccccc5)c43)cc2)cc1.c1ccc(N(c2ccccc2)c2cccc3c2sc2c4ccccc4n(-c4ccccc4)c32)cc1. The van der Waals surface area contributed by atoms with E-state index in [1.807, 2.05) is 34.0 Å². The highest BCUT2D eigenvalue weighted by atomic mass is 32.1. The van der Waals surface area contributed by atoms with Crippen molar-refractivity contribution in [1.82, 2.24) is 13.7 Å². The second kappa shape index (κ2) is 32.4. The van der Waals surface area contributed by atoms with Gasteiger partial charge in [-0.1, -0.05) is 328 Å². The summed E-state index contributed by atoms with van der Waals surface area (Å²) < 4.78 is 15.1. The fourth-order valence-corrected chi connectivity index (χ4v) is 21.8. The number of nitrogens with zero attached hydrogens (tertiary/aromatic N) is 6.